The van der Waals surface area contributed by atoms with Gasteiger partial charge < -0.3 is 33.7 Å². The summed E-state index contributed by atoms with van der Waals surface area (Å²) in [5.41, 5.74) is -0.560. The summed E-state index contributed by atoms with van der Waals surface area (Å²) in [6.07, 6.45) is 1.68. The largest absolute Gasteiger partial charge is 0.495 e. The SMILES string of the molecule is COc1cc2cc(c1Cl)N(C)C(=O)C[C@H](OC=O)[C@]1(C)O[C@H]1[C@H](C)C1C[C@@](O)(NC(=O)O1)[C@H](OC)/C=C/C=C(\C)C2. The van der Waals surface area contributed by atoms with Crippen LogP contribution in [0.2, 0.25) is 5.02 Å². The standard InChI is InChI=1S/C29H37ClN2O9/c1-16-8-7-9-22(38-6)29(36)14-21(40-27(35)31-29)17(2)26-28(3,41-26)23(39-15-33)13-24(34)32(4)19-11-18(10-16)12-20(37-5)25(19)30/h7-9,11-12,15,17,21-23,26,36H,10,13-14H2,1-6H3,(H,31,35)/b9-7+,16-8+/t17-,21?,22-,23+,26+,28+,29+/m1/s1. The summed E-state index contributed by atoms with van der Waals surface area (Å²) in [6, 6.07) is 3.61. The van der Waals surface area contributed by atoms with E-state index in [1.54, 1.807) is 32.2 Å². The predicted octanol–water partition coefficient (Wildman–Crippen LogP) is 3.30. The highest BCUT2D eigenvalue weighted by Crippen LogP contribution is 2.49. The van der Waals surface area contributed by atoms with Crippen molar-refractivity contribution in [2.24, 2.45) is 5.92 Å². The van der Waals surface area contributed by atoms with Gasteiger partial charge in [0.05, 0.1) is 25.3 Å². The van der Waals surface area contributed by atoms with E-state index in [1.807, 2.05) is 26.0 Å². The minimum absolute atomic E-state index is 0.00634. The number of nitrogens with zero attached hydrogens (tertiary/aromatic N) is 1. The Balaban J connectivity index is 1.78. The minimum Gasteiger partial charge on any atom is -0.495 e. The molecule has 3 heterocycles. The van der Waals surface area contributed by atoms with Crippen LogP contribution >= 0.6 is 11.6 Å². The number of ether oxygens (including phenoxy) is 5. The van der Waals surface area contributed by atoms with Crippen LogP contribution in [-0.2, 0) is 35.0 Å². The maximum absolute atomic E-state index is 13.5. The van der Waals surface area contributed by atoms with Gasteiger partial charge in [0, 0.05) is 26.5 Å². The number of allylic oxidation sites excluding steroid dienone is 3. The molecule has 2 N–H and O–H groups in total. The maximum Gasteiger partial charge on any atom is 0.409 e. The van der Waals surface area contributed by atoms with E-state index in [0.29, 0.717) is 17.9 Å². The lowest BCUT2D eigenvalue weighted by atomic mass is 9.83. The fraction of sp³-hybridized carbons (Fsp3) is 0.552. The number of rotatable bonds is 4. The van der Waals surface area contributed by atoms with Gasteiger partial charge in [0.2, 0.25) is 5.91 Å². The number of benzene rings is 1. The number of hydrogen-bond donors (Lipinski definition) is 2. The summed E-state index contributed by atoms with van der Waals surface area (Å²) >= 11 is 6.62. The van der Waals surface area contributed by atoms with Crippen molar-refractivity contribution < 1.29 is 43.2 Å². The van der Waals surface area contributed by atoms with E-state index in [2.05, 4.69) is 5.32 Å². The third kappa shape index (κ3) is 6.23. The number of halogens is 1. The van der Waals surface area contributed by atoms with Crippen LogP contribution in [0, 0.1) is 5.92 Å². The Kier molecular flexibility index (Phi) is 9.03. The van der Waals surface area contributed by atoms with Crippen molar-refractivity contribution in [3.05, 3.63) is 46.5 Å². The Labute approximate surface area is 244 Å². The van der Waals surface area contributed by atoms with Crippen molar-refractivity contribution in [1.29, 1.82) is 0 Å². The number of alkyl carbamates (subject to hydrolysis) is 1. The number of fused-ring (bicyclic) bond motifs is 5. The summed E-state index contributed by atoms with van der Waals surface area (Å²) in [5, 5.41) is 14.3. The fourth-order valence-corrected chi connectivity index (χ4v) is 6.01. The second kappa shape index (κ2) is 12.0. The monoisotopic (exact) mass is 592 g/mol. The number of carbonyl (C=O) groups excluding carboxylic acids is 3. The lowest BCUT2D eigenvalue weighted by molar-refractivity contribution is -0.142. The molecule has 4 rings (SSSR count). The van der Waals surface area contributed by atoms with Crippen molar-refractivity contribution in [3.8, 4) is 5.75 Å². The van der Waals surface area contributed by atoms with Crippen molar-refractivity contribution in [2.45, 2.75) is 75.8 Å². The molecule has 2 amide bonds. The Morgan fingerprint density at radius 1 is 1.27 bits per heavy atom. The van der Waals surface area contributed by atoms with Gasteiger partial charge in [-0.2, -0.15) is 0 Å². The average molecular weight is 593 g/mol. The molecule has 12 heteroatoms. The summed E-state index contributed by atoms with van der Waals surface area (Å²) in [4.78, 5) is 38.9. The average Bonchev–Trinajstić information content (AvgIpc) is 3.62. The second-order valence-corrected chi connectivity index (χ2v) is 11.4. The molecule has 4 bridgehead atoms. The Bertz CT molecular complexity index is 1250. The van der Waals surface area contributed by atoms with Gasteiger partial charge in [-0.3, -0.25) is 14.9 Å². The molecule has 2 saturated heterocycles. The van der Waals surface area contributed by atoms with Crippen LogP contribution < -0.4 is 15.0 Å². The summed E-state index contributed by atoms with van der Waals surface area (Å²) in [6.45, 7) is 5.77. The first-order chi connectivity index (χ1) is 19.4. The molecule has 0 spiro atoms. The zero-order valence-electron chi connectivity index (χ0n) is 24.0. The van der Waals surface area contributed by atoms with Gasteiger partial charge >= 0.3 is 6.09 Å². The molecule has 7 atom stereocenters. The Hall–Kier alpha value is -3.12. The third-order valence-corrected chi connectivity index (χ3v) is 8.55. The van der Waals surface area contributed by atoms with E-state index in [-0.39, 0.29) is 30.2 Å². The normalized spacial score (nSPS) is 36.1. The number of hydrogen-bond acceptors (Lipinski definition) is 9. The summed E-state index contributed by atoms with van der Waals surface area (Å²) in [5.74, 6) is -0.381. The van der Waals surface area contributed by atoms with Crippen LogP contribution in [0.15, 0.2) is 35.9 Å². The number of aliphatic hydroxyl groups is 1. The third-order valence-electron chi connectivity index (χ3n) is 8.17. The molecule has 0 aromatic heterocycles. The lowest BCUT2D eigenvalue weighted by Crippen LogP contribution is -2.63. The zero-order chi connectivity index (χ0) is 30.1. The molecule has 0 saturated carbocycles. The highest BCUT2D eigenvalue weighted by atomic mass is 35.5. The number of epoxide rings is 1. The molecule has 3 aliphatic rings. The van der Waals surface area contributed by atoms with Gasteiger partial charge in [-0.15, -0.1) is 0 Å². The molecule has 3 aliphatic heterocycles. The summed E-state index contributed by atoms with van der Waals surface area (Å²) in [7, 11) is 4.53. The predicted molar refractivity (Wildman–Crippen MR) is 150 cm³/mol. The number of carbonyl (C=O) groups is 3. The van der Waals surface area contributed by atoms with Crippen molar-refractivity contribution in [2.75, 3.05) is 26.2 Å². The molecule has 2 fully saturated rings. The molecule has 41 heavy (non-hydrogen) atoms. The number of nitrogens with one attached hydrogen (secondary N) is 1. The van der Waals surface area contributed by atoms with Gasteiger partial charge in [0.15, 0.2) is 5.72 Å². The highest BCUT2D eigenvalue weighted by molar-refractivity contribution is 6.35. The van der Waals surface area contributed by atoms with Crippen LogP contribution in [0.3, 0.4) is 0 Å². The second-order valence-electron chi connectivity index (χ2n) is 11.0. The Morgan fingerprint density at radius 3 is 2.66 bits per heavy atom. The first-order valence-corrected chi connectivity index (χ1v) is 13.7. The minimum atomic E-state index is -1.76. The van der Waals surface area contributed by atoms with E-state index < -0.39 is 47.8 Å². The van der Waals surface area contributed by atoms with Crippen LogP contribution in [0.5, 0.6) is 5.75 Å². The number of methoxy groups -OCH3 is 2. The molecule has 224 valence electrons. The van der Waals surface area contributed by atoms with Crippen LogP contribution in [0.4, 0.5) is 10.5 Å². The van der Waals surface area contributed by atoms with E-state index in [9.17, 15) is 19.5 Å². The molecule has 1 aromatic carbocycles. The topological polar surface area (TPSA) is 136 Å². The molecule has 11 nitrogen and oxygen atoms in total. The van der Waals surface area contributed by atoms with Gasteiger partial charge in [-0.05, 0) is 38.0 Å². The highest BCUT2D eigenvalue weighted by Gasteiger charge is 2.64. The van der Waals surface area contributed by atoms with Gasteiger partial charge in [-0.1, -0.05) is 42.3 Å². The van der Waals surface area contributed by atoms with Crippen molar-refractivity contribution in [1.82, 2.24) is 5.32 Å². The van der Waals surface area contributed by atoms with E-state index >= 15 is 0 Å². The molecular weight excluding hydrogens is 556 g/mol. The van der Waals surface area contributed by atoms with Crippen LogP contribution in [0.25, 0.3) is 0 Å². The van der Waals surface area contributed by atoms with Crippen molar-refractivity contribution in [3.63, 3.8) is 0 Å². The zero-order valence-corrected chi connectivity index (χ0v) is 24.8. The van der Waals surface area contributed by atoms with Gasteiger partial charge in [0.25, 0.3) is 6.47 Å². The summed E-state index contributed by atoms with van der Waals surface area (Å²) < 4.78 is 28.0. The molecule has 0 radical (unpaired) electrons. The first kappa shape index (κ1) is 30.8. The first-order valence-electron chi connectivity index (χ1n) is 13.3. The van der Waals surface area contributed by atoms with Gasteiger partial charge in [-0.25, -0.2) is 4.79 Å². The quantitative estimate of drug-likeness (QED) is 0.398. The van der Waals surface area contributed by atoms with E-state index in [0.717, 1.165) is 11.1 Å². The molecule has 1 unspecified atom stereocenters. The maximum atomic E-state index is 13.5. The smallest absolute Gasteiger partial charge is 0.409 e. The molecule has 0 aliphatic carbocycles. The van der Waals surface area contributed by atoms with Crippen LogP contribution in [0.1, 0.15) is 39.2 Å². The lowest BCUT2D eigenvalue weighted by Gasteiger charge is -2.42. The Morgan fingerprint density at radius 2 is 2.00 bits per heavy atom. The van der Waals surface area contributed by atoms with Crippen molar-refractivity contribution >= 4 is 35.8 Å². The molecular formula is C29H37ClN2O9. The fourth-order valence-electron chi connectivity index (χ4n) is 5.70. The van der Waals surface area contributed by atoms with E-state index in [4.69, 9.17) is 35.3 Å². The number of anilines is 1. The number of amides is 2. The van der Waals surface area contributed by atoms with E-state index in [1.165, 1.54) is 19.1 Å². The van der Waals surface area contributed by atoms with Crippen LogP contribution in [-0.4, -0.2) is 80.6 Å². The molecule has 1 aromatic rings. The van der Waals surface area contributed by atoms with Gasteiger partial charge in [0.1, 0.15) is 34.7 Å².